The zero-order chi connectivity index (χ0) is 24.3. The molecular formula is C28H31FN2O3. The largest absolute Gasteiger partial charge is 0.484 e. The Morgan fingerprint density at radius 2 is 1.65 bits per heavy atom. The van der Waals surface area contributed by atoms with E-state index in [2.05, 4.69) is 5.32 Å². The van der Waals surface area contributed by atoms with E-state index in [1.807, 2.05) is 62.4 Å². The maximum Gasteiger partial charge on any atom is 0.261 e. The van der Waals surface area contributed by atoms with Crippen molar-refractivity contribution in [1.29, 1.82) is 0 Å². The predicted molar refractivity (Wildman–Crippen MR) is 131 cm³/mol. The molecule has 3 rings (SSSR count). The van der Waals surface area contributed by atoms with E-state index in [4.69, 9.17) is 4.74 Å². The number of carbonyl (C=O) groups excluding carboxylic acids is 2. The van der Waals surface area contributed by atoms with Gasteiger partial charge in [0.2, 0.25) is 5.91 Å². The number of ether oxygens (including phenoxy) is 1. The molecule has 0 bridgehead atoms. The van der Waals surface area contributed by atoms with Crippen LogP contribution in [-0.2, 0) is 22.6 Å². The minimum Gasteiger partial charge on any atom is -0.484 e. The van der Waals surface area contributed by atoms with E-state index in [0.717, 1.165) is 17.5 Å². The summed E-state index contributed by atoms with van der Waals surface area (Å²) in [6.45, 7) is 4.05. The van der Waals surface area contributed by atoms with Crippen molar-refractivity contribution in [1.82, 2.24) is 10.2 Å². The first-order valence-electron chi connectivity index (χ1n) is 11.5. The zero-order valence-electron chi connectivity index (χ0n) is 19.7. The maximum absolute atomic E-state index is 14.5. The lowest BCUT2D eigenvalue weighted by molar-refractivity contribution is -0.142. The van der Waals surface area contributed by atoms with Crippen LogP contribution >= 0.6 is 0 Å². The summed E-state index contributed by atoms with van der Waals surface area (Å²) >= 11 is 0. The van der Waals surface area contributed by atoms with Gasteiger partial charge in [-0.25, -0.2) is 4.39 Å². The molecule has 6 heteroatoms. The minimum absolute atomic E-state index is 0.0420. The lowest BCUT2D eigenvalue weighted by Crippen LogP contribution is -2.52. The third kappa shape index (κ3) is 6.91. The van der Waals surface area contributed by atoms with Gasteiger partial charge in [0.1, 0.15) is 17.6 Å². The Kier molecular flexibility index (Phi) is 9.21. The van der Waals surface area contributed by atoms with Crippen LogP contribution in [0.2, 0.25) is 0 Å². The fraction of sp³-hybridized carbons (Fsp3) is 0.286. The fourth-order valence-electron chi connectivity index (χ4n) is 3.67. The molecular weight excluding hydrogens is 431 g/mol. The van der Waals surface area contributed by atoms with Crippen LogP contribution in [0, 0.1) is 12.7 Å². The van der Waals surface area contributed by atoms with E-state index in [1.54, 1.807) is 24.3 Å². The molecule has 0 aliphatic carbocycles. The standard InChI is InChI=1S/C28H31FN2O3/c1-3-17-30-28(33)25(18-22-12-5-4-6-13-22)31(19-23-14-8-9-15-24(23)29)27(32)20-34-26-16-10-7-11-21(26)2/h4-16,25H,3,17-20H2,1-2H3,(H,30,33)/t25-/m1/s1. The predicted octanol–water partition coefficient (Wildman–Crippen LogP) is 4.68. The first-order valence-corrected chi connectivity index (χ1v) is 11.5. The SMILES string of the molecule is CCCNC(=O)[C@@H](Cc1ccccc1)N(Cc1ccccc1F)C(=O)COc1ccccc1C. The Balaban J connectivity index is 1.91. The molecule has 0 fully saturated rings. The number of hydrogen-bond donors (Lipinski definition) is 1. The smallest absolute Gasteiger partial charge is 0.261 e. The molecule has 0 unspecified atom stereocenters. The Hall–Kier alpha value is -3.67. The Morgan fingerprint density at radius 1 is 0.971 bits per heavy atom. The summed E-state index contributed by atoms with van der Waals surface area (Å²) in [7, 11) is 0. The molecule has 3 aromatic rings. The van der Waals surface area contributed by atoms with E-state index in [0.29, 0.717) is 24.3 Å². The number of nitrogens with zero attached hydrogens (tertiary/aromatic N) is 1. The summed E-state index contributed by atoms with van der Waals surface area (Å²) in [6.07, 6.45) is 1.07. The molecule has 1 N–H and O–H groups in total. The molecule has 178 valence electrons. The molecule has 3 aromatic carbocycles. The number of nitrogens with one attached hydrogen (secondary N) is 1. The summed E-state index contributed by atoms with van der Waals surface area (Å²) < 4.78 is 20.3. The van der Waals surface area contributed by atoms with Crippen molar-refractivity contribution >= 4 is 11.8 Å². The fourth-order valence-corrected chi connectivity index (χ4v) is 3.67. The van der Waals surface area contributed by atoms with E-state index in [9.17, 15) is 14.0 Å². The Bertz CT molecular complexity index is 1090. The topological polar surface area (TPSA) is 58.6 Å². The highest BCUT2D eigenvalue weighted by Crippen LogP contribution is 2.19. The number of hydrogen-bond acceptors (Lipinski definition) is 3. The summed E-state index contributed by atoms with van der Waals surface area (Å²) in [6, 6.07) is 22.4. The number of amides is 2. The molecule has 34 heavy (non-hydrogen) atoms. The van der Waals surface area contributed by atoms with Gasteiger partial charge in [0.15, 0.2) is 6.61 Å². The number of rotatable bonds is 11. The molecule has 2 amide bonds. The first-order chi connectivity index (χ1) is 16.5. The van der Waals surface area contributed by atoms with Gasteiger partial charge in [0.25, 0.3) is 5.91 Å². The van der Waals surface area contributed by atoms with Crippen LogP contribution in [0.4, 0.5) is 4.39 Å². The molecule has 0 heterocycles. The number of aryl methyl sites for hydroxylation is 1. The second-order valence-electron chi connectivity index (χ2n) is 8.16. The normalized spacial score (nSPS) is 11.5. The third-order valence-electron chi connectivity index (χ3n) is 5.56. The van der Waals surface area contributed by atoms with Crippen LogP contribution in [0.15, 0.2) is 78.9 Å². The van der Waals surface area contributed by atoms with Crippen molar-refractivity contribution in [2.45, 2.75) is 39.3 Å². The molecule has 0 aliphatic rings. The molecule has 5 nitrogen and oxygen atoms in total. The number of benzene rings is 3. The summed E-state index contributed by atoms with van der Waals surface area (Å²) in [5, 5.41) is 2.90. The summed E-state index contributed by atoms with van der Waals surface area (Å²) in [5.41, 5.74) is 2.15. The molecule has 1 atom stereocenters. The van der Waals surface area contributed by atoms with E-state index < -0.39 is 11.9 Å². The number of para-hydroxylation sites is 1. The Morgan fingerprint density at radius 3 is 2.35 bits per heavy atom. The van der Waals surface area contributed by atoms with Crippen LogP contribution < -0.4 is 10.1 Å². The van der Waals surface area contributed by atoms with Gasteiger partial charge in [-0.3, -0.25) is 9.59 Å². The van der Waals surface area contributed by atoms with Crippen LogP contribution in [-0.4, -0.2) is 35.9 Å². The van der Waals surface area contributed by atoms with Crippen molar-refractivity contribution in [3.05, 3.63) is 101 Å². The van der Waals surface area contributed by atoms with Gasteiger partial charge < -0.3 is 15.0 Å². The lowest BCUT2D eigenvalue weighted by atomic mass is 10.0. The van der Waals surface area contributed by atoms with Gasteiger partial charge in [-0.2, -0.15) is 0 Å². The molecule has 0 aromatic heterocycles. The maximum atomic E-state index is 14.5. The van der Waals surface area contributed by atoms with Crippen LogP contribution in [0.1, 0.15) is 30.0 Å². The first kappa shape index (κ1) is 25.0. The van der Waals surface area contributed by atoms with Gasteiger partial charge in [0, 0.05) is 25.1 Å². The van der Waals surface area contributed by atoms with Crippen molar-refractivity contribution in [3.63, 3.8) is 0 Å². The van der Waals surface area contributed by atoms with Gasteiger partial charge >= 0.3 is 0 Å². The quantitative estimate of drug-likeness (QED) is 0.450. The zero-order valence-corrected chi connectivity index (χ0v) is 19.7. The average Bonchev–Trinajstić information content (AvgIpc) is 2.85. The molecule has 0 saturated heterocycles. The van der Waals surface area contributed by atoms with E-state index >= 15 is 0 Å². The highest BCUT2D eigenvalue weighted by atomic mass is 19.1. The van der Waals surface area contributed by atoms with Crippen molar-refractivity contribution in [2.75, 3.05) is 13.2 Å². The second kappa shape index (κ2) is 12.5. The van der Waals surface area contributed by atoms with Gasteiger partial charge in [-0.05, 0) is 36.6 Å². The monoisotopic (exact) mass is 462 g/mol. The summed E-state index contributed by atoms with van der Waals surface area (Å²) in [4.78, 5) is 28.1. The lowest BCUT2D eigenvalue weighted by Gasteiger charge is -2.31. The van der Waals surface area contributed by atoms with Crippen LogP contribution in [0.3, 0.4) is 0 Å². The highest BCUT2D eigenvalue weighted by molar-refractivity contribution is 5.88. The molecule has 0 spiro atoms. The van der Waals surface area contributed by atoms with Crippen molar-refractivity contribution in [3.8, 4) is 5.75 Å². The van der Waals surface area contributed by atoms with Gasteiger partial charge in [-0.1, -0.05) is 73.7 Å². The summed E-state index contributed by atoms with van der Waals surface area (Å²) in [5.74, 6) is -0.491. The van der Waals surface area contributed by atoms with Crippen LogP contribution in [0.25, 0.3) is 0 Å². The van der Waals surface area contributed by atoms with Crippen molar-refractivity contribution in [2.24, 2.45) is 0 Å². The third-order valence-corrected chi connectivity index (χ3v) is 5.56. The molecule has 0 radical (unpaired) electrons. The van der Waals surface area contributed by atoms with E-state index in [-0.39, 0.29) is 25.0 Å². The van der Waals surface area contributed by atoms with Crippen molar-refractivity contribution < 1.29 is 18.7 Å². The second-order valence-corrected chi connectivity index (χ2v) is 8.16. The van der Waals surface area contributed by atoms with Crippen LogP contribution in [0.5, 0.6) is 5.75 Å². The molecule has 0 saturated carbocycles. The number of carbonyl (C=O) groups is 2. The number of halogens is 1. The highest BCUT2D eigenvalue weighted by Gasteiger charge is 2.31. The van der Waals surface area contributed by atoms with Gasteiger partial charge in [0.05, 0.1) is 0 Å². The van der Waals surface area contributed by atoms with Gasteiger partial charge in [-0.15, -0.1) is 0 Å². The Labute approximate surface area is 200 Å². The molecule has 0 aliphatic heterocycles. The van der Waals surface area contributed by atoms with E-state index in [1.165, 1.54) is 11.0 Å². The minimum atomic E-state index is -0.818. The average molecular weight is 463 g/mol.